The van der Waals surface area contributed by atoms with Crippen LogP contribution < -0.4 is 5.43 Å². The van der Waals surface area contributed by atoms with Gasteiger partial charge in [-0.2, -0.15) is 5.10 Å². The van der Waals surface area contributed by atoms with Crippen LogP contribution in [0.25, 0.3) is 10.4 Å². The number of halogens is 1. The summed E-state index contributed by atoms with van der Waals surface area (Å²) in [6.45, 7) is 0. The van der Waals surface area contributed by atoms with E-state index in [0.717, 1.165) is 16.0 Å². The van der Waals surface area contributed by atoms with Crippen LogP contribution in [0.1, 0.15) is 5.56 Å². The molecule has 0 unspecified atom stereocenters. The van der Waals surface area contributed by atoms with Gasteiger partial charge in [0.1, 0.15) is 5.82 Å². The van der Waals surface area contributed by atoms with E-state index in [0.29, 0.717) is 5.13 Å². The van der Waals surface area contributed by atoms with Gasteiger partial charge in [0.2, 0.25) is 5.13 Å². The minimum Gasteiger partial charge on any atom is -0.253 e. The van der Waals surface area contributed by atoms with Crippen molar-refractivity contribution in [3.63, 3.8) is 0 Å². The van der Waals surface area contributed by atoms with Crippen LogP contribution in [0.15, 0.2) is 65.9 Å². The summed E-state index contributed by atoms with van der Waals surface area (Å²) in [6.07, 6.45) is 3.44. The first-order chi connectivity index (χ1) is 10.3. The molecule has 0 saturated carbocycles. The van der Waals surface area contributed by atoms with Crippen molar-refractivity contribution in [2.24, 2.45) is 5.10 Å². The highest BCUT2D eigenvalue weighted by molar-refractivity contribution is 7.18. The fourth-order valence-corrected chi connectivity index (χ4v) is 2.54. The van der Waals surface area contributed by atoms with E-state index in [4.69, 9.17) is 0 Å². The number of rotatable bonds is 4. The van der Waals surface area contributed by atoms with Gasteiger partial charge in [-0.25, -0.2) is 9.37 Å². The van der Waals surface area contributed by atoms with Crippen molar-refractivity contribution in [2.45, 2.75) is 0 Å². The van der Waals surface area contributed by atoms with E-state index >= 15 is 0 Å². The zero-order chi connectivity index (χ0) is 14.5. The first-order valence-corrected chi connectivity index (χ1v) is 7.19. The number of anilines is 1. The lowest BCUT2D eigenvalue weighted by molar-refractivity contribution is 0.628. The number of hydrogen-bond acceptors (Lipinski definition) is 4. The maximum Gasteiger partial charge on any atom is 0.203 e. The molecule has 0 saturated heterocycles. The molecule has 1 aromatic heterocycles. The summed E-state index contributed by atoms with van der Waals surface area (Å²) in [7, 11) is 0. The Hall–Kier alpha value is -2.53. The summed E-state index contributed by atoms with van der Waals surface area (Å²) in [5, 5.41) is 4.81. The lowest BCUT2D eigenvalue weighted by Crippen LogP contribution is -1.89. The molecule has 3 nitrogen and oxygen atoms in total. The zero-order valence-electron chi connectivity index (χ0n) is 11.0. The van der Waals surface area contributed by atoms with Crippen molar-refractivity contribution in [2.75, 3.05) is 5.43 Å². The van der Waals surface area contributed by atoms with Crippen LogP contribution in [0.2, 0.25) is 0 Å². The Kier molecular flexibility index (Phi) is 4.02. The number of aromatic nitrogens is 1. The molecule has 5 heteroatoms. The normalized spacial score (nSPS) is 10.9. The van der Waals surface area contributed by atoms with Crippen LogP contribution in [0.4, 0.5) is 9.52 Å². The van der Waals surface area contributed by atoms with Gasteiger partial charge in [0.25, 0.3) is 0 Å². The third-order valence-corrected chi connectivity index (χ3v) is 3.76. The predicted molar refractivity (Wildman–Crippen MR) is 85.2 cm³/mol. The Morgan fingerprint density at radius 1 is 1.05 bits per heavy atom. The lowest BCUT2D eigenvalue weighted by atomic mass is 10.2. The smallest absolute Gasteiger partial charge is 0.203 e. The Bertz CT molecular complexity index is 736. The van der Waals surface area contributed by atoms with Crippen LogP contribution in [-0.2, 0) is 0 Å². The zero-order valence-corrected chi connectivity index (χ0v) is 11.8. The molecule has 104 valence electrons. The van der Waals surface area contributed by atoms with E-state index in [2.05, 4.69) is 15.5 Å². The van der Waals surface area contributed by atoms with Crippen LogP contribution in [0.3, 0.4) is 0 Å². The molecule has 0 radical (unpaired) electrons. The van der Waals surface area contributed by atoms with Gasteiger partial charge in [-0.15, -0.1) is 0 Å². The van der Waals surface area contributed by atoms with E-state index < -0.39 is 0 Å². The first kappa shape index (κ1) is 13.5. The second-order valence-corrected chi connectivity index (χ2v) is 5.35. The summed E-state index contributed by atoms with van der Waals surface area (Å²) >= 11 is 1.53. The second-order valence-electron chi connectivity index (χ2n) is 4.32. The molecule has 0 aliphatic carbocycles. The Balaban J connectivity index is 1.66. The highest BCUT2D eigenvalue weighted by atomic mass is 32.1. The van der Waals surface area contributed by atoms with Gasteiger partial charge in [0.15, 0.2) is 0 Å². The van der Waals surface area contributed by atoms with Crippen LogP contribution >= 0.6 is 11.3 Å². The first-order valence-electron chi connectivity index (χ1n) is 6.37. The Morgan fingerprint density at radius 2 is 1.81 bits per heavy atom. The van der Waals surface area contributed by atoms with Gasteiger partial charge in [-0.05, 0) is 23.3 Å². The van der Waals surface area contributed by atoms with E-state index in [1.54, 1.807) is 18.3 Å². The molecule has 21 heavy (non-hydrogen) atoms. The molecular formula is C16H12FN3S. The van der Waals surface area contributed by atoms with Crippen molar-refractivity contribution in [3.8, 4) is 10.4 Å². The average molecular weight is 297 g/mol. The summed E-state index contributed by atoms with van der Waals surface area (Å²) < 4.78 is 12.8. The monoisotopic (exact) mass is 297 g/mol. The van der Waals surface area contributed by atoms with E-state index in [1.807, 2.05) is 36.5 Å². The summed E-state index contributed by atoms with van der Waals surface area (Å²) in [5.74, 6) is -0.257. The second kappa shape index (κ2) is 6.28. The van der Waals surface area contributed by atoms with Crippen molar-refractivity contribution >= 4 is 22.7 Å². The summed E-state index contributed by atoms with van der Waals surface area (Å²) in [4.78, 5) is 5.35. The molecule has 1 N–H and O–H groups in total. The minimum atomic E-state index is -0.257. The molecule has 2 aromatic carbocycles. The molecule has 0 bridgehead atoms. The summed E-state index contributed by atoms with van der Waals surface area (Å²) in [5.41, 5.74) is 4.83. The summed E-state index contributed by atoms with van der Waals surface area (Å²) in [6, 6.07) is 16.2. The van der Waals surface area contributed by atoms with E-state index in [1.165, 1.54) is 23.5 Å². The van der Waals surface area contributed by atoms with Crippen molar-refractivity contribution in [1.29, 1.82) is 0 Å². The fraction of sp³-hybridized carbons (Fsp3) is 0. The highest BCUT2D eigenvalue weighted by Gasteiger charge is 2.02. The van der Waals surface area contributed by atoms with Gasteiger partial charge in [0, 0.05) is 6.20 Å². The molecular weight excluding hydrogens is 285 g/mol. The molecule has 0 aliphatic heterocycles. The van der Waals surface area contributed by atoms with Crippen LogP contribution in [0.5, 0.6) is 0 Å². The van der Waals surface area contributed by atoms with Crippen molar-refractivity contribution in [1.82, 2.24) is 4.98 Å². The van der Waals surface area contributed by atoms with E-state index in [9.17, 15) is 4.39 Å². The minimum absolute atomic E-state index is 0.257. The quantitative estimate of drug-likeness (QED) is 0.572. The molecule has 1 heterocycles. The topological polar surface area (TPSA) is 37.3 Å². The predicted octanol–water partition coefficient (Wildman–Crippen LogP) is 4.40. The fourth-order valence-electron chi connectivity index (χ4n) is 1.77. The SMILES string of the molecule is Fc1ccc(/C=N\Nc2ncc(-c3ccccc3)s2)cc1. The van der Waals surface area contributed by atoms with Crippen molar-refractivity contribution in [3.05, 3.63) is 72.2 Å². The maximum atomic E-state index is 12.8. The number of nitrogens with zero attached hydrogens (tertiary/aromatic N) is 2. The number of benzene rings is 2. The Morgan fingerprint density at radius 3 is 2.57 bits per heavy atom. The molecule has 3 aromatic rings. The Labute approximate surface area is 125 Å². The number of hydrazone groups is 1. The number of hydrogen-bond donors (Lipinski definition) is 1. The van der Waals surface area contributed by atoms with Crippen LogP contribution in [-0.4, -0.2) is 11.2 Å². The lowest BCUT2D eigenvalue weighted by Gasteiger charge is -1.95. The third kappa shape index (κ3) is 3.52. The molecule has 0 fully saturated rings. The standard InChI is InChI=1S/C16H12FN3S/c17-14-8-6-12(7-9-14)10-19-20-16-18-11-15(21-16)13-4-2-1-3-5-13/h1-11H,(H,18,20)/b19-10-. The van der Waals surface area contributed by atoms with Gasteiger partial charge in [-0.3, -0.25) is 5.43 Å². The molecule has 3 rings (SSSR count). The van der Waals surface area contributed by atoms with Gasteiger partial charge >= 0.3 is 0 Å². The molecule has 0 atom stereocenters. The molecule has 0 spiro atoms. The molecule has 0 amide bonds. The van der Waals surface area contributed by atoms with E-state index in [-0.39, 0.29) is 5.82 Å². The number of thiazole rings is 1. The van der Waals surface area contributed by atoms with Gasteiger partial charge < -0.3 is 0 Å². The third-order valence-electron chi connectivity index (χ3n) is 2.81. The molecule has 0 aliphatic rings. The highest BCUT2D eigenvalue weighted by Crippen LogP contribution is 2.28. The van der Waals surface area contributed by atoms with Crippen molar-refractivity contribution < 1.29 is 4.39 Å². The van der Waals surface area contributed by atoms with Gasteiger partial charge in [-0.1, -0.05) is 53.8 Å². The largest absolute Gasteiger partial charge is 0.253 e. The average Bonchev–Trinajstić information content (AvgIpc) is 2.99. The maximum absolute atomic E-state index is 12.8. The van der Waals surface area contributed by atoms with Crippen LogP contribution in [0, 0.1) is 5.82 Å². The van der Waals surface area contributed by atoms with Gasteiger partial charge in [0.05, 0.1) is 11.1 Å². The number of nitrogens with one attached hydrogen (secondary N) is 1.